The molecule has 118 valence electrons. The minimum atomic E-state index is -0.188. The van der Waals surface area contributed by atoms with E-state index in [0.717, 1.165) is 44.5 Å². The second kappa shape index (κ2) is 5.54. The van der Waals surface area contributed by atoms with Crippen molar-refractivity contribution in [2.75, 3.05) is 19.7 Å². The van der Waals surface area contributed by atoms with Crippen LogP contribution in [-0.4, -0.2) is 47.2 Å². The summed E-state index contributed by atoms with van der Waals surface area (Å²) in [4.78, 5) is 18.4. The number of pyridine rings is 1. The van der Waals surface area contributed by atoms with Crippen LogP contribution in [-0.2, 0) is 9.53 Å². The third-order valence-corrected chi connectivity index (χ3v) is 5.19. The standard InChI is InChI=1S/C17H22N2O3/c20-16(13-3-1-4-13)19-8-6-17(12-19)9-15(11-21-17)22-14-5-2-7-18-10-14/h2,5,7,10,13,15H,1,3-4,6,8-9,11-12H2/t15-,17-/m0/s1. The minimum absolute atomic E-state index is 0.0583. The number of aromatic nitrogens is 1. The van der Waals surface area contributed by atoms with Crippen LogP contribution in [0, 0.1) is 5.92 Å². The Labute approximate surface area is 130 Å². The number of carbonyl (C=O) groups is 1. The Morgan fingerprint density at radius 2 is 2.36 bits per heavy atom. The van der Waals surface area contributed by atoms with Gasteiger partial charge in [0, 0.05) is 31.6 Å². The third-order valence-electron chi connectivity index (χ3n) is 5.19. The Bertz CT molecular complexity index is 546. The van der Waals surface area contributed by atoms with Crippen molar-refractivity contribution in [2.45, 2.75) is 43.8 Å². The fourth-order valence-corrected chi connectivity index (χ4v) is 3.72. The van der Waals surface area contributed by atoms with Crippen molar-refractivity contribution in [3.8, 4) is 5.75 Å². The van der Waals surface area contributed by atoms with Crippen molar-refractivity contribution < 1.29 is 14.3 Å². The molecule has 1 spiro atoms. The summed E-state index contributed by atoms with van der Waals surface area (Å²) in [6, 6.07) is 3.79. The summed E-state index contributed by atoms with van der Waals surface area (Å²) in [6.45, 7) is 2.16. The van der Waals surface area contributed by atoms with Gasteiger partial charge < -0.3 is 14.4 Å². The van der Waals surface area contributed by atoms with E-state index in [2.05, 4.69) is 4.98 Å². The van der Waals surface area contributed by atoms with Gasteiger partial charge in [0.05, 0.1) is 18.4 Å². The van der Waals surface area contributed by atoms with Crippen molar-refractivity contribution in [3.63, 3.8) is 0 Å². The predicted octanol–water partition coefficient (Wildman–Crippen LogP) is 2.02. The molecule has 1 aromatic heterocycles. The number of nitrogens with zero attached hydrogens (tertiary/aromatic N) is 2. The number of hydrogen-bond acceptors (Lipinski definition) is 4. The van der Waals surface area contributed by atoms with Crippen LogP contribution in [0.2, 0.25) is 0 Å². The zero-order chi connectivity index (χ0) is 15.0. The first-order chi connectivity index (χ1) is 10.7. The Balaban J connectivity index is 1.35. The normalized spacial score (nSPS) is 31.5. The van der Waals surface area contributed by atoms with Crippen LogP contribution in [0.3, 0.4) is 0 Å². The largest absolute Gasteiger partial charge is 0.486 e. The molecule has 1 saturated carbocycles. The van der Waals surface area contributed by atoms with Gasteiger partial charge in [-0.1, -0.05) is 6.42 Å². The highest BCUT2D eigenvalue weighted by molar-refractivity contribution is 5.80. The number of hydrogen-bond donors (Lipinski definition) is 0. The molecule has 2 atom stereocenters. The summed E-state index contributed by atoms with van der Waals surface area (Å²) >= 11 is 0. The highest BCUT2D eigenvalue weighted by Gasteiger charge is 2.48. The molecule has 2 aliphatic heterocycles. The van der Waals surface area contributed by atoms with Crippen LogP contribution in [0.1, 0.15) is 32.1 Å². The van der Waals surface area contributed by atoms with E-state index in [0.29, 0.717) is 12.5 Å². The lowest BCUT2D eigenvalue weighted by atomic mass is 9.84. The molecule has 3 aliphatic rings. The van der Waals surface area contributed by atoms with Crippen LogP contribution in [0.4, 0.5) is 0 Å². The minimum Gasteiger partial charge on any atom is -0.486 e. The molecule has 0 N–H and O–H groups in total. The van der Waals surface area contributed by atoms with Crippen molar-refractivity contribution in [3.05, 3.63) is 24.5 Å². The van der Waals surface area contributed by atoms with Gasteiger partial charge >= 0.3 is 0 Å². The Morgan fingerprint density at radius 3 is 3.09 bits per heavy atom. The maximum absolute atomic E-state index is 12.4. The second-order valence-corrected chi connectivity index (χ2v) is 6.76. The first-order valence-corrected chi connectivity index (χ1v) is 8.24. The van der Waals surface area contributed by atoms with Crippen molar-refractivity contribution >= 4 is 5.91 Å². The van der Waals surface area contributed by atoms with Crippen molar-refractivity contribution in [2.24, 2.45) is 5.92 Å². The molecule has 0 radical (unpaired) electrons. The molecule has 0 unspecified atom stereocenters. The van der Waals surface area contributed by atoms with Gasteiger partial charge in [-0.25, -0.2) is 0 Å². The van der Waals surface area contributed by atoms with Gasteiger partial charge in [-0.3, -0.25) is 9.78 Å². The zero-order valence-corrected chi connectivity index (χ0v) is 12.7. The summed E-state index contributed by atoms with van der Waals surface area (Å²) in [5, 5.41) is 0. The summed E-state index contributed by atoms with van der Waals surface area (Å²) in [5.74, 6) is 1.40. The molecule has 5 heteroatoms. The van der Waals surface area contributed by atoms with Gasteiger partial charge in [-0.15, -0.1) is 0 Å². The average molecular weight is 302 g/mol. The van der Waals surface area contributed by atoms with E-state index < -0.39 is 0 Å². The monoisotopic (exact) mass is 302 g/mol. The highest BCUT2D eigenvalue weighted by Crippen LogP contribution is 2.38. The van der Waals surface area contributed by atoms with Gasteiger partial charge in [0.1, 0.15) is 11.9 Å². The lowest BCUT2D eigenvalue weighted by Crippen LogP contribution is -2.40. The SMILES string of the molecule is O=C(C1CCC1)N1CC[C@]2(C[C@H](Oc3cccnc3)CO2)C1. The molecule has 3 fully saturated rings. The van der Waals surface area contributed by atoms with Gasteiger partial charge in [0.25, 0.3) is 0 Å². The van der Waals surface area contributed by atoms with E-state index in [1.54, 1.807) is 12.4 Å². The Kier molecular flexibility index (Phi) is 3.53. The van der Waals surface area contributed by atoms with Crippen LogP contribution in [0.25, 0.3) is 0 Å². The van der Waals surface area contributed by atoms with Crippen LogP contribution < -0.4 is 4.74 Å². The molecule has 0 bridgehead atoms. The molecule has 2 saturated heterocycles. The molecular weight excluding hydrogens is 280 g/mol. The molecule has 3 heterocycles. The number of ether oxygens (including phenoxy) is 2. The van der Waals surface area contributed by atoms with E-state index in [1.807, 2.05) is 17.0 Å². The van der Waals surface area contributed by atoms with Crippen LogP contribution >= 0.6 is 0 Å². The lowest BCUT2D eigenvalue weighted by Gasteiger charge is -2.30. The van der Waals surface area contributed by atoms with E-state index in [4.69, 9.17) is 9.47 Å². The second-order valence-electron chi connectivity index (χ2n) is 6.76. The summed E-state index contributed by atoms with van der Waals surface area (Å²) in [5.41, 5.74) is -0.188. The Morgan fingerprint density at radius 1 is 1.45 bits per heavy atom. The number of carbonyl (C=O) groups excluding carboxylic acids is 1. The lowest BCUT2D eigenvalue weighted by molar-refractivity contribution is -0.138. The van der Waals surface area contributed by atoms with E-state index in [1.165, 1.54) is 6.42 Å². The molecule has 1 amide bonds. The predicted molar refractivity (Wildman–Crippen MR) is 80.5 cm³/mol. The smallest absolute Gasteiger partial charge is 0.225 e. The van der Waals surface area contributed by atoms with Crippen molar-refractivity contribution in [1.82, 2.24) is 9.88 Å². The van der Waals surface area contributed by atoms with E-state index in [-0.39, 0.29) is 17.6 Å². The molecule has 1 aromatic rings. The van der Waals surface area contributed by atoms with Gasteiger partial charge in [0.15, 0.2) is 0 Å². The average Bonchev–Trinajstić information content (AvgIpc) is 3.06. The Hall–Kier alpha value is -1.62. The van der Waals surface area contributed by atoms with Gasteiger partial charge in [0.2, 0.25) is 5.91 Å². The first-order valence-electron chi connectivity index (χ1n) is 8.24. The molecule has 0 aromatic carbocycles. The van der Waals surface area contributed by atoms with Crippen LogP contribution in [0.15, 0.2) is 24.5 Å². The first kappa shape index (κ1) is 14.0. The maximum atomic E-state index is 12.4. The summed E-state index contributed by atoms with van der Waals surface area (Å²) in [7, 11) is 0. The topological polar surface area (TPSA) is 51.7 Å². The van der Waals surface area contributed by atoms with Gasteiger partial charge in [-0.2, -0.15) is 0 Å². The fraction of sp³-hybridized carbons (Fsp3) is 0.647. The molecule has 4 rings (SSSR count). The third kappa shape index (κ3) is 2.58. The molecule has 5 nitrogen and oxygen atoms in total. The molecule has 22 heavy (non-hydrogen) atoms. The fourth-order valence-electron chi connectivity index (χ4n) is 3.72. The van der Waals surface area contributed by atoms with E-state index in [9.17, 15) is 4.79 Å². The quantitative estimate of drug-likeness (QED) is 0.857. The zero-order valence-electron chi connectivity index (χ0n) is 12.7. The number of likely N-dealkylation sites (tertiary alicyclic amines) is 1. The molecule has 1 aliphatic carbocycles. The summed E-state index contributed by atoms with van der Waals surface area (Å²) in [6.07, 6.45) is 8.64. The van der Waals surface area contributed by atoms with E-state index >= 15 is 0 Å². The van der Waals surface area contributed by atoms with Crippen LogP contribution in [0.5, 0.6) is 5.75 Å². The number of amides is 1. The highest BCUT2D eigenvalue weighted by atomic mass is 16.6. The molecular formula is C17H22N2O3. The van der Waals surface area contributed by atoms with Crippen molar-refractivity contribution in [1.29, 1.82) is 0 Å². The summed E-state index contributed by atoms with van der Waals surface area (Å²) < 4.78 is 12.0. The van der Waals surface area contributed by atoms with Gasteiger partial charge in [-0.05, 0) is 31.4 Å². The maximum Gasteiger partial charge on any atom is 0.225 e. The number of rotatable bonds is 3.